The van der Waals surface area contributed by atoms with Crippen LogP contribution in [0.1, 0.15) is 34.1 Å². The lowest BCUT2D eigenvalue weighted by Gasteiger charge is -2.31. The Morgan fingerprint density at radius 3 is 1.90 bits per heavy atom. The largest absolute Gasteiger partial charge is 0.252 e. The summed E-state index contributed by atoms with van der Waals surface area (Å²) in [5, 5.41) is 6.86. The third kappa shape index (κ3) is 1.09. The minimum absolute atomic E-state index is 0.317. The Morgan fingerprint density at radius 2 is 1.80 bits per heavy atom. The van der Waals surface area contributed by atoms with Crippen LogP contribution in [0.5, 0.6) is 0 Å². The third-order valence-electron chi connectivity index (χ3n) is 2.63. The van der Waals surface area contributed by atoms with E-state index in [2.05, 4.69) is 27.7 Å². The molecule has 2 heteroatoms. The van der Waals surface area contributed by atoms with Crippen LogP contribution in [0.15, 0.2) is 0 Å². The first-order chi connectivity index (χ1) is 4.35. The van der Waals surface area contributed by atoms with Crippen LogP contribution in [-0.2, 0) is 0 Å². The average Bonchev–Trinajstić information content (AvgIpc) is 1.73. The highest BCUT2D eigenvalue weighted by atomic mass is 32.2. The second-order valence-corrected chi connectivity index (χ2v) is 5.89. The summed E-state index contributed by atoms with van der Waals surface area (Å²) in [5.74, 6) is 0. The zero-order valence-corrected chi connectivity index (χ0v) is 8.01. The highest BCUT2D eigenvalue weighted by Gasteiger charge is 2.47. The Kier molecular flexibility index (Phi) is 1.63. The molecular weight excluding hydrogens is 142 g/mol. The molecule has 0 spiro atoms. The first-order valence-corrected chi connectivity index (χ1v) is 4.47. The van der Waals surface area contributed by atoms with E-state index in [1.807, 2.05) is 11.8 Å². The van der Waals surface area contributed by atoms with Crippen molar-refractivity contribution >= 4 is 16.8 Å². The van der Waals surface area contributed by atoms with E-state index in [0.29, 0.717) is 10.2 Å². The minimum atomic E-state index is 0.317. The molecule has 0 aromatic carbocycles. The minimum Gasteiger partial charge on any atom is -0.252 e. The molecule has 0 bridgehead atoms. The van der Waals surface area contributed by atoms with E-state index < -0.39 is 0 Å². The topological polar surface area (TPSA) is 25.6 Å². The smallest absolute Gasteiger partial charge is 0.208 e. The highest BCUT2D eigenvalue weighted by molar-refractivity contribution is 8.15. The third-order valence-corrected chi connectivity index (χ3v) is 4.10. The fraction of sp³-hybridized carbons (Fsp3) is 0.875. The van der Waals surface area contributed by atoms with Gasteiger partial charge in [-0.05, 0) is 19.3 Å². The van der Waals surface area contributed by atoms with Gasteiger partial charge in [0.25, 0.3) is 0 Å². The second kappa shape index (κ2) is 2.00. The number of hydrogen-bond donors (Lipinski definition) is 1. The van der Waals surface area contributed by atoms with Gasteiger partial charge in [0.05, 0.1) is 0 Å². The Balaban J connectivity index is 2.88. The average molecular weight is 158 g/mol. The van der Waals surface area contributed by atoms with Gasteiger partial charge in [0.15, 0.2) is 0 Å². The summed E-state index contributed by atoms with van der Waals surface area (Å²) < 4.78 is 0.317. The van der Waals surface area contributed by atoms with Crippen molar-refractivity contribution in [3.63, 3.8) is 0 Å². The van der Waals surface area contributed by atoms with E-state index in [-0.39, 0.29) is 0 Å². The van der Waals surface area contributed by atoms with Crippen LogP contribution in [0.4, 0.5) is 0 Å². The molecule has 2 N–H and O–H groups in total. The molecule has 0 amide bonds. The van der Waals surface area contributed by atoms with Gasteiger partial charge in [-0.2, -0.15) is 0 Å². The molecule has 0 aromatic rings. The molecule has 0 saturated carbocycles. The number of rotatable bonds is 0. The molecule has 0 unspecified atom stereocenters. The maximum Gasteiger partial charge on any atom is 0.208 e. The molecule has 0 aliphatic carbocycles. The fourth-order valence-electron chi connectivity index (χ4n) is 1.15. The van der Waals surface area contributed by atoms with E-state index >= 15 is 0 Å². The predicted octanol–water partition coefficient (Wildman–Crippen LogP) is 1.09. The normalized spacial score (nSPS) is 29.0. The number of nitrogens with two attached hydrogens (primary N) is 1. The van der Waals surface area contributed by atoms with Gasteiger partial charge in [0.1, 0.15) is 0 Å². The Hall–Kier alpha value is 0.0200. The van der Waals surface area contributed by atoms with E-state index in [9.17, 15) is 0 Å². The lowest BCUT2D eigenvalue weighted by molar-refractivity contribution is -0.111. The van der Waals surface area contributed by atoms with Crippen molar-refractivity contribution in [1.29, 1.82) is 0 Å². The second-order valence-electron chi connectivity index (χ2n) is 4.14. The Labute approximate surface area is 67.1 Å². The van der Waals surface area contributed by atoms with Crippen molar-refractivity contribution in [2.75, 3.05) is 0 Å². The quantitative estimate of drug-likeness (QED) is 0.561. The van der Waals surface area contributed by atoms with Crippen molar-refractivity contribution in [2.45, 2.75) is 38.9 Å². The fourth-order valence-corrected chi connectivity index (χ4v) is 2.59. The van der Waals surface area contributed by atoms with Crippen molar-refractivity contribution in [3.8, 4) is 0 Å². The van der Waals surface area contributed by atoms with Crippen LogP contribution < -0.4 is 5.41 Å². The van der Waals surface area contributed by atoms with Crippen molar-refractivity contribution in [3.05, 3.63) is 0 Å². The van der Waals surface area contributed by atoms with Gasteiger partial charge in [-0.3, -0.25) is 5.41 Å². The zero-order valence-electron chi connectivity index (χ0n) is 7.19. The molecule has 1 nitrogen and oxygen atoms in total. The molecule has 0 atom stereocenters. The van der Waals surface area contributed by atoms with Crippen molar-refractivity contribution in [1.82, 2.24) is 0 Å². The summed E-state index contributed by atoms with van der Waals surface area (Å²) in [7, 11) is 0. The zero-order chi connectivity index (χ0) is 7.99. The van der Waals surface area contributed by atoms with E-state index in [0.717, 1.165) is 11.5 Å². The van der Waals surface area contributed by atoms with Crippen molar-refractivity contribution < 1.29 is 5.41 Å². The van der Waals surface area contributed by atoms with Crippen LogP contribution in [0, 0.1) is 5.41 Å². The molecule has 58 valence electrons. The summed E-state index contributed by atoms with van der Waals surface area (Å²) in [6, 6.07) is 0. The van der Waals surface area contributed by atoms with Gasteiger partial charge >= 0.3 is 0 Å². The molecule has 0 radical (unpaired) electrons. The molecule has 1 aliphatic heterocycles. The number of thioether (sulfide) groups is 1. The molecule has 1 saturated heterocycles. The van der Waals surface area contributed by atoms with Gasteiger partial charge in [-0.25, -0.2) is 0 Å². The van der Waals surface area contributed by atoms with Crippen LogP contribution >= 0.6 is 11.8 Å². The molecule has 1 heterocycles. The lowest BCUT2D eigenvalue weighted by atomic mass is 9.78. The monoisotopic (exact) mass is 158 g/mol. The molecular formula is C8H16NS+. The van der Waals surface area contributed by atoms with Crippen LogP contribution in [0.3, 0.4) is 0 Å². The first kappa shape index (κ1) is 8.12. The molecule has 1 aliphatic rings. The van der Waals surface area contributed by atoms with E-state index in [4.69, 9.17) is 5.41 Å². The SMILES string of the molecule is CC1(C)CC(=[NH2+])SC1(C)C. The molecule has 0 aromatic heterocycles. The highest BCUT2D eigenvalue weighted by Crippen LogP contribution is 2.51. The van der Waals surface area contributed by atoms with E-state index in [1.165, 1.54) is 0 Å². The van der Waals surface area contributed by atoms with E-state index in [1.54, 1.807) is 0 Å². The summed E-state index contributed by atoms with van der Waals surface area (Å²) >= 11 is 1.82. The van der Waals surface area contributed by atoms with Gasteiger partial charge in [0.2, 0.25) is 5.04 Å². The standard InChI is InChI=1S/C8H15NS/c1-7(2)5-6(9)10-8(7,3)4/h9H,5H2,1-4H3/p+1. The summed E-state index contributed by atoms with van der Waals surface area (Å²) in [6.45, 7) is 9.08. The molecule has 10 heavy (non-hydrogen) atoms. The maximum atomic E-state index is 5.77. The number of hydrogen-bond acceptors (Lipinski definition) is 1. The summed E-state index contributed by atoms with van der Waals surface area (Å²) in [4.78, 5) is 0. The van der Waals surface area contributed by atoms with Crippen LogP contribution in [-0.4, -0.2) is 9.79 Å². The lowest BCUT2D eigenvalue weighted by Crippen LogP contribution is -2.36. The Bertz CT molecular complexity index is 152. The van der Waals surface area contributed by atoms with Crippen LogP contribution in [0.2, 0.25) is 0 Å². The summed E-state index contributed by atoms with van der Waals surface area (Å²) in [6.07, 6.45) is 1.06. The van der Waals surface area contributed by atoms with Crippen LogP contribution in [0.25, 0.3) is 0 Å². The van der Waals surface area contributed by atoms with Gasteiger partial charge in [0, 0.05) is 11.2 Å². The predicted molar refractivity (Wildman–Crippen MR) is 47.0 cm³/mol. The Morgan fingerprint density at radius 1 is 1.30 bits per heavy atom. The van der Waals surface area contributed by atoms with Crippen molar-refractivity contribution in [2.24, 2.45) is 5.41 Å². The first-order valence-electron chi connectivity index (χ1n) is 3.65. The molecule has 1 fully saturated rings. The van der Waals surface area contributed by atoms with Gasteiger partial charge < -0.3 is 0 Å². The summed E-state index contributed by atoms with van der Waals surface area (Å²) in [5.41, 5.74) is 0.363. The molecule has 1 rings (SSSR count). The van der Waals surface area contributed by atoms with Gasteiger partial charge in [-0.1, -0.05) is 25.6 Å². The maximum absolute atomic E-state index is 5.77. The van der Waals surface area contributed by atoms with Gasteiger partial charge in [-0.15, -0.1) is 0 Å².